The summed E-state index contributed by atoms with van der Waals surface area (Å²) >= 11 is 0. The molecule has 116 valence electrons. The summed E-state index contributed by atoms with van der Waals surface area (Å²) in [5.41, 5.74) is -2.65. The molecule has 0 amide bonds. The zero-order valence-corrected chi connectivity index (χ0v) is 12.2. The van der Waals surface area contributed by atoms with Crippen molar-refractivity contribution in [2.24, 2.45) is 5.14 Å². The molecule has 2 N–H and O–H groups in total. The van der Waals surface area contributed by atoms with Crippen LogP contribution < -0.4 is 5.14 Å². The largest absolute Gasteiger partial charge is 0.456 e. The Morgan fingerprint density at radius 1 is 1.38 bits per heavy atom. The topological polar surface area (TPSA) is 130 Å². The zero-order chi connectivity index (χ0) is 16.6. The van der Waals surface area contributed by atoms with Crippen LogP contribution in [0.1, 0.15) is 31.1 Å². The Morgan fingerprint density at radius 3 is 2.29 bits per heavy atom. The number of ether oxygens (including phenoxy) is 1. The molecule has 8 nitrogen and oxygen atoms in total. The quantitative estimate of drug-likeness (QED) is 0.508. The Morgan fingerprint density at radius 2 is 1.90 bits per heavy atom. The monoisotopic (exact) mass is 320 g/mol. The van der Waals surface area contributed by atoms with Gasteiger partial charge in [-0.05, 0) is 20.8 Å². The number of benzene rings is 1. The number of carbonyl (C=O) groups excluding carboxylic acids is 1. The molecule has 1 rings (SSSR count). The normalized spacial score (nSPS) is 12.0. The fourth-order valence-electron chi connectivity index (χ4n) is 1.38. The summed E-state index contributed by atoms with van der Waals surface area (Å²) in [6.07, 6.45) is 0. The van der Waals surface area contributed by atoms with E-state index in [9.17, 15) is 27.7 Å². The molecule has 0 bridgehead atoms. The molecule has 0 radical (unpaired) electrons. The van der Waals surface area contributed by atoms with Crippen molar-refractivity contribution in [1.82, 2.24) is 0 Å². The summed E-state index contributed by atoms with van der Waals surface area (Å²) in [4.78, 5) is 20.5. The highest BCUT2D eigenvalue weighted by atomic mass is 32.2. The van der Waals surface area contributed by atoms with Crippen LogP contribution in [0.2, 0.25) is 0 Å². The lowest BCUT2D eigenvalue weighted by Crippen LogP contribution is -2.25. The minimum atomic E-state index is -4.58. The Balaban J connectivity index is 3.55. The minimum absolute atomic E-state index is 0.443. The lowest BCUT2D eigenvalue weighted by atomic mass is 10.1. The Labute approximate surface area is 119 Å². The summed E-state index contributed by atoms with van der Waals surface area (Å²) in [7, 11) is -4.58. The van der Waals surface area contributed by atoms with Gasteiger partial charge in [-0.25, -0.2) is 22.7 Å². The molecule has 1 aromatic rings. The lowest BCUT2D eigenvalue weighted by molar-refractivity contribution is -0.385. The predicted molar refractivity (Wildman–Crippen MR) is 69.6 cm³/mol. The first-order valence-corrected chi connectivity index (χ1v) is 7.11. The van der Waals surface area contributed by atoms with E-state index >= 15 is 0 Å². The second-order valence-corrected chi connectivity index (χ2v) is 6.64. The number of hydrogen-bond donors (Lipinski definition) is 1. The van der Waals surface area contributed by atoms with Crippen LogP contribution in [-0.4, -0.2) is 24.9 Å². The number of sulfonamides is 1. The molecule has 0 saturated carbocycles. The summed E-state index contributed by atoms with van der Waals surface area (Å²) in [5.74, 6) is -2.72. The smallest absolute Gasteiger partial charge is 0.341 e. The first kappa shape index (κ1) is 17.0. The van der Waals surface area contributed by atoms with Crippen molar-refractivity contribution in [2.45, 2.75) is 31.3 Å². The van der Waals surface area contributed by atoms with Crippen molar-refractivity contribution in [1.29, 1.82) is 0 Å². The molecular formula is C11H13FN2O6S. The van der Waals surface area contributed by atoms with Crippen molar-refractivity contribution >= 4 is 21.7 Å². The minimum Gasteiger partial charge on any atom is -0.456 e. The average molecular weight is 320 g/mol. The van der Waals surface area contributed by atoms with E-state index in [1.54, 1.807) is 0 Å². The molecule has 0 unspecified atom stereocenters. The summed E-state index contributed by atoms with van der Waals surface area (Å²) in [6.45, 7) is 4.50. The van der Waals surface area contributed by atoms with E-state index in [1.165, 1.54) is 20.8 Å². The Bertz CT molecular complexity index is 708. The first-order chi connectivity index (χ1) is 9.33. The number of nitrogens with two attached hydrogens (primary N) is 1. The SMILES string of the molecule is CC(C)(C)OC(=O)c1cc([N+](=O)[O-])cc(S(N)(=O)=O)c1F. The molecule has 10 heteroatoms. The summed E-state index contributed by atoms with van der Waals surface area (Å²) < 4.78 is 41.4. The Kier molecular flexibility index (Phi) is 4.34. The standard InChI is InChI=1S/C11H13FN2O6S/c1-11(2,3)20-10(15)7-4-6(14(16)17)5-8(9(7)12)21(13,18)19/h4-5H,1-3H3,(H2,13,18,19). The van der Waals surface area contributed by atoms with Crippen LogP contribution in [0.5, 0.6) is 0 Å². The number of esters is 1. The molecular weight excluding hydrogens is 307 g/mol. The summed E-state index contributed by atoms with van der Waals surface area (Å²) in [5, 5.41) is 15.5. The fraction of sp³-hybridized carbons (Fsp3) is 0.364. The zero-order valence-electron chi connectivity index (χ0n) is 11.4. The number of nitro groups is 1. The molecule has 0 aliphatic heterocycles. The van der Waals surface area contributed by atoms with Crippen molar-refractivity contribution in [3.05, 3.63) is 33.6 Å². The fourth-order valence-corrected chi connectivity index (χ4v) is 2.02. The van der Waals surface area contributed by atoms with Gasteiger partial charge in [0.1, 0.15) is 16.1 Å². The van der Waals surface area contributed by atoms with Crippen LogP contribution in [0, 0.1) is 15.9 Å². The average Bonchev–Trinajstić information content (AvgIpc) is 2.24. The van der Waals surface area contributed by atoms with E-state index in [0.29, 0.717) is 12.1 Å². The molecule has 1 aromatic carbocycles. The van der Waals surface area contributed by atoms with Gasteiger partial charge in [-0.15, -0.1) is 0 Å². The lowest BCUT2D eigenvalue weighted by Gasteiger charge is -2.19. The number of nitrogens with zero attached hydrogens (tertiary/aromatic N) is 1. The molecule has 0 atom stereocenters. The highest BCUT2D eigenvalue weighted by Crippen LogP contribution is 2.26. The molecule has 0 spiro atoms. The van der Waals surface area contributed by atoms with E-state index < -0.39 is 48.5 Å². The van der Waals surface area contributed by atoms with E-state index in [2.05, 4.69) is 0 Å². The van der Waals surface area contributed by atoms with E-state index in [1.807, 2.05) is 0 Å². The second kappa shape index (κ2) is 5.37. The predicted octanol–water partition coefficient (Wildman–Crippen LogP) is 1.34. The number of non-ortho nitro benzene ring substituents is 1. The summed E-state index contributed by atoms with van der Waals surface area (Å²) in [6, 6.07) is 1.04. The Hall–Kier alpha value is -2.07. The third-order valence-corrected chi connectivity index (χ3v) is 3.07. The van der Waals surface area contributed by atoms with Gasteiger partial charge in [0.05, 0.1) is 4.92 Å². The maximum Gasteiger partial charge on any atom is 0.341 e. The molecule has 0 aliphatic rings. The van der Waals surface area contributed by atoms with Gasteiger partial charge in [0.2, 0.25) is 10.0 Å². The van der Waals surface area contributed by atoms with Crippen LogP contribution in [-0.2, 0) is 14.8 Å². The van der Waals surface area contributed by atoms with E-state index in [0.717, 1.165) is 0 Å². The molecule has 21 heavy (non-hydrogen) atoms. The van der Waals surface area contributed by atoms with Crippen molar-refractivity contribution in [3.8, 4) is 0 Å². The number of hydrogen-bond acceptors (Lipinski definition) is 6. The number of primary sulfonamides is 1. The van der Waals surface area contributed by atoms with Crippen LogP contribution in [0.4, 0.5) is 10.1 Å². The van der Waals surface area contributed by atoms with Gasteiger partial charge >= 0.3 is 5.97 Å². The van der Waals surface area contributed by atoms with Crippen molar-refractivity contribution in [3.63, 3.8) is 0 Å². The number of nitro benzene ring substituents is 1. The van der Waals surface area contributed by atoms with Gasteiger partial charge in [-0.3, -0.25) is 10.1 Å². The van der Waals surface area contributed by atoms with Crippen molar-refractivity contribution in [2.75, 3.05) is 0 Å². The maximum absolute atomic E-state index is 14.1. The molecule has 0 saturated heterocycles. The van der Waals surface area contributed by atoms with Crippen LogP contribution in [0.3, 0.4) is 0 Å². The number of carbonyl (C=O) groups is 1. The van der Waals surface area contributed by atoms with E-state index in [-0.39, 0.29) is 0 Å². The van der Waals surface area contributed by atoms with Crippen LogP contribution in [0.25, 0.3) is 0 Å². The van der Waals surface area contributed by atoms with Crippen LogP contribution >= 0.6 is 0 Å². The first-order valence-electron chi connectivity index (χ1n) is 5.57. The highest BCUT2D eigenvalue weighted by molar-refractivity contribution is 7.89. The highest BCUT2D eigenvalue weighted by Gasteiger charge is 2.29. The van der Waals surface area contributed by atoms with Gasteiger partial charge in [0.25, 0.3) is 5.69 Å². The molecule has 0 fully saturated rings. The van der Waals surface area contributed by atoms with Crippen LogP contribution in [0.15, 0.2) is 17.0 Å². The van der Waals surface area contributed by atoms with Crippen molar-refractivity contribution < 1.29 is 27.3 Å². The van der Waals surface area contributed by atoms with Gasteiger partial charge in [0.15, 0.2) is 5.82 Å². The van der Waals surface area contributed by atoms with Gasteiger partial charge < -0.3 is 4.74 Å². The van der Waals surface area contributed by atoms with Gasteiger partial charge in [-0.1, -0.05) is 0 Å². The van der Waals surface area contributed by atoms with Gasteiger partial charge in [0, 0.05) is 12.1 Å². The second-order valence-electron chi connectivity index (χ2n) is 5.11. The maximum atomic E-state index is 14.1. The molecule has 0 aromatic heterocycles. The molecule has 0 heterocycles. The molecule has 0 aliphatic carbocycles. The van der Waals surface area contributed by atoms with Gasteiger partial charge in [-0.2, -0.15) is 0 Å². The number of rotatable bonds is 3. The number of halogens is 1. The van der Waals surface area contributed by atoms with E-state index in [4.69, 9.17) is 9.88 Å². The third-order valence-electron chi connectivity index (χ3n) is 2.16. The third kappa shape index (κ3) is 4.20.